The summed E-state index contributed by atoms with van der Waals surface area (Å²) in [5.74, 6) is 0.334. The van der Waals surface area contributed by atoms with E-state index in [2.05, 4.69) is 26.2 Å². The number of benzene rings is 1. The lowest BCUT2D eigenvalue weighted by Crippen LogP contribution is -2.02. The van der Waals surface area contributed by atoms with Gasteiger partial charge in [0.25, 0.3) is 0 Å². The number of nitrogens with zero attached hydrogens (tertiary/aromatic N) is 1. The van der Waals surface area contributed by atoms with Crippen molar-refractivity contribution >= 4 is 32.5 Å². The largest absolute Gasteiger partial charge is 0.385 e. The van der Waals surface area contributed by atoms with Crippen molar-refractivity contribution in [3.63, 3.8) is 0 Å². The molecule has 1 aliphatic rings. The third-order valence-corrected chi connectivity index (χ3v) is 3.88. The lowest BCUT2D eigenvalue weighted by Gasteiger charge is -2.12. The molecular formula is C14H14BrFN2. The molecule has 1 fully saturated rings. The van der Waals surface area contributed by atoms with E-state index in [4.69, 9.17) is 0 Å². The van der Waals surface area contributed by atoms with Crippen molar-refractivity contribution in [2.75, 3.05) is 11.9 Å². The first-order chi connectivity index (χ1) is 8.70. The number of aromatic nitrogens is 1. The first-order valence-corrected chi connectivity index (χ1v) is 7.02. The van der Waals surface area contributed by atoms with Crippen molar-refractivity contribution in [2.45, 2.75) is 25.7 Å². The van der Waals surface area contributed by atoms with E-state index in [1.54, 1.807) is 6.07 Å². The quantitative estimate of drug-likeness (QED) is 0.906. The molecule has 0 saturated heterocycles. The topological polar surface area (TPSA) is 24.9 Å². The van der Waals surface area contributed by atoms with Crippen molar-refractivity contribution in [2.24, 2.45) is 0 Å². The molecule has 0 unspecified atom stereocenters. The lowest BCUT2D eigenvalue weighted by molar-refractivity contribution is 0.639. The summed E-state index contributed by atoms with van der Waals surface area (Å²) in [7, 11) is 0. The van der Waals surface area contributed by atoms with E-state index in [1.807, 2.05) is 13.0 Å². The van der Waals surface area contributed by atoms with Gasteiger partial charge in [-0.15, -0.1) is 0 Å². The van der Waals surface area contributed by atoms with Gasteiger partial charge in [0.2, 0.25) is 0 Å². The summed E-state index contributed by atoms with van der Waals surface area (Å²) >= 11 is 3.46. The standard InChI is InChI=1S/C14H14BrFN2/c1-2-17-12-7-11(8-3-4-8)18-14-9(15)5-6-10(16)13(12)14/h5-8H,2-4H2,1H3,(H,17,18). The van der Waals surface area contributed by atoms with Crippen LogP contribution in [0.3, 0.4) is 0 Å². The summed E-state index contributed by atoms with van der Waals surface area (Å²) in [6.07, 6.45) is 2.38. The van der Waals surface area contributed by atoms with Crippen LogP contribution < -0.4 is 5.32 Å². The fraction of sp³-hybridized carbons (Fsp3) is 0.357. The van der Waals surface area contributed by atoms with Gasteiger partial charge in [0.1, 0.15) is 5.82 Å². The second-order valence-electron chi connectivity index (χ2n) is 4.65. The smallest absolute Gasteiger partial charge is 0.134 e. The number of anilines is 1. The lowest BCUT2D eigenvalue weighted by atomic mass is 10.1. The van der Waals surface area contributed by atoms with Crippen molar-refractivity contribution in [1.82, 2.24) is 4.98 Å². The number of nitrogens with one attached hydrogen (secondary N) is 1. The zero-order valence-corrected chi connectivity index (χ0v) is 11.7. The van der Waals surface area contributed by atoms with Crippen LogP contribution in [0.5, 0.6) is 0 Å². The Kier molecular flexibility index (Phi) is 2.98. The highest BCUT2D eigenvalue weighted by molar-refractivity contribution is 9.10. The third-order valence-electron chi connectivity index (χ3n) is 3.24. The predicted octanol–water partition coefficient (Wildman–Crippen LogP) is 4.45. The number of halogens is 2. The zero-order chi connectivity index (χ0) is 12.7. The Labute approximate surface area is 114 Å². The first kappa shape index (κ1) is 11.9. The fourth-order valence-corrected chi connectivity index (χ4v) is 2.63. The van der Waals surface area contributed by atoms with E-state index < -0.39 is 0 Å². The maximum atomic E-state index is 14.0. The van der Waals surface area contributed by atoms with Crippen LogP contribution in [-0.4, -0.2) is 11.5 Å². The van der Waals surface area contributed by atoms with Gasteiger partial charge in [-0.1, -0.05) is 0 Å². The van der Waals surface area contributed by atoms with Crippen LogP contribution in [0.15, 0.2) is 22.7 Å². The van der Waals surface area contributed by atoms with Gasteiger partial charge in [-0.3, -0.25) is 4.98 Å². The van der Waals surface area contributed by atoms with Crippen molar-refractivity contribution < 1.29 is 4.39 Å². The maximum absolute atomic E-state index is 14.0. The van der Waals surface area contributed by atoms with Crippen LogP contribution in [-0.2, 0) is 0 Å². The molecule has 0 radical (unpaired) electrons. The van der Waals surface area contributed by atoms with Gasteiger partial charge in [0.15, 0.2) is 0 Å². The molecule has 2 aromatic rings. The van der Waals surface area contributed by atoms with Gasteiger partial charge in [-0.25, -0.2) is 4.39 Å². The number of fused-ring (bicyclic) bond motifs is 1. The van der Waals surface area contributed by atoms with Gasteiger partial charge < -0.3 is 5.32 Å². The Balaban J connectivity index is 2.29. The minimum atomic E-state index is -0.223. The fourth-order valence-electron chi connectivity index (χ4n) is 2.21. The molecule has 3 rings (SSSR count). The molecule has 0 amide bonds. The molecule has 18 heavy (non-hydrogen) atoms. The number of pyridine rings is 1. The highest BCUT2D eigenvalue weighted by Crippen LogP contribution is 2.42. The van der Waals surface area contributed by atoms with Crippen LogP contribution in [0.25, 0.3) is 10.9 Å². The molecule has 0 bridgehead atoms. The SMILES string of the molecule is CCNc1cc(C2CC2)nc2c(Br)ccc(F)c12. The van der Waals surface area contributed by atoms with Crippen molar-refractivity contribution in [3.8, 4) is 0 Å². The number of hydrogen-bond acceptors (Lipinski definition) is 2. The Morgan fingerprint density at radius 3 is 2.89 bits per heavy atom. The molecule has 1 aliphatic carbocycles. The number of hydrogen-bond donors (Lipinski definition) is 1. The summed E-state index contributed by atoms with van der Waals surface area (Å²) in [6, 6.07) is 5.20. The second kappa shape index (κ2) is 4.50. The van der Waals surface area contributed by atoms with E-state index in [-0.39, 0.29) is 5.82 Å². The Morgan fingerprint density at radius 2 is 2.22 bits per heavy atom. The molecule has 0 atom stereocenters. The molecule has 1 aromatic heterocycles. The van der Waals surface area contributed by atoms with E-state index in [9.17, 15) is 4.39 Å². The maximum Gasteiger partial charge on any atom is 0.134 e. The minimum absolute atomic E-state index is 0.223. The van der Waals surface area contributed by atoms with Crippen LogP contribution in [0.2, 0.25) is 0 Å². The van der Waals surface area contributed by atoms with Gasteiger partial charge in [0, 0.05) is 28.3 Å². The summed E-state index contributed by atoms with van der Waals surface area (Å²) in [5.41, 5.74) is 2.64. The van der Waals surface area contributed by atoms with E-state index in [1.165, 1.54) is 18.9 Å². The van der Waals surface area contributed by atoms with Crippen molar-refractivity contribution in [1.29, 1.82) is 0 Å². The Morgan fingerprint density at radius 1 is 1.44 bits per heavy atom. The first-order valence-electron chi connectivity index (χ1n) is 6.23. The molecular weight excluding hydrogens is 295 g/mol. The normalized spacial score (nSPS) is 15.1. The Hall–Kier alpha value is -1.16. The van der Waals surface area contributed by atoms with E-state index in [0.29, 0.717) is 11.3 Å². The molecule has 94 valence electrons. The predicted molar refractivity (Wildman–Crippen MR) is 75.5 cm³/mol. The third kappa shape index (κ3) is 1.99. The summed E-state index contributed by atoms with van der Waals surface area (Å²) < 4.78 is 14.8. The summed E-state index contributed by atoms with van der Waals surface area (Å²) in [5, 5.41) is 3.82. The van der Waals surface area contributed by atoms with Crippen LogP contribution >= 0.6 is 15.9 Å². The summed E-state index contributed by atoms with van der Waals surface area (Å²) in [6.45, 7) is 2.79. The average Bonchev–Trinajstić information content (AvgIpc) is 3.18. The molecule has 1 saturated carbocycles. The molecule has 4 heteroatoms. The number of rotatable bonds is 3. The average molecular weight is 309 g/mol. The highest BCUT2D eigenvalue weighted by atomic mass is 79.9. The monoisotopic (exact) mass is 308 g/mol. The molecule has 1 aromatic carbocycles. The van der Waals surface area contributed by atoms with E-state index >= 15 is 0 Å². The molecule has 0 spiro atoms. The van der Waals surface area contributed by atoms with Crippen LogP contribution in [0.1, 0.15) is 31.4 Å². The van der Waals surface area contributed by atoms with Crippen LogP contribution in [0, 0.1) is 5.82 Å². The molecule has 1 N–H and O–H groups in total. The second-order valence-corrected chi connectivity index (χ2v) is 5.51. The van der Waals surface area contributed by atoms with Crippen LogP contribution in [0.4, 0.5) is 10.1 Å². The Bertz CT molecular complexity index is 608. The molecule has 1 heterocycles. The molecule has 0 aliphatic heterocycles. The summed E-state index contributed by atoms with van der Waals surface area (Å²) in [4.78, 5) is 4.61. The van der Waals surface area contributed by atoms with Gasteiger partial charge in [0.05, 0.1) is 10.9 Å². The van der Waals surface area contributed by atoms with E-state index in [0.717, 1.165) is 27.9 Å². The zero-order valence-electron chi connectivity index (χ0n) is 10.1. The van der Waals surface area contributed by atoms with Gasteiger partial charge >= 0.3 is 0 Å². The highest BCUT2D eigenvalue weighted by Gasteiger charge is 2.26. The van der Waals surface area contributed by atoms with Gasteiger partial charge in [-0.2, -0.15) is 0 Å². The van der Waals surface area contributed by atoms with Crippen molar-refractivity contribution in [3.05, 3.63) is 34.2 Å². The van der Waals surface area contributed by atoms with Gasteiger partial charge in [-0.05, 0) is 53.9 Å². The minimum Gasteiger partial charge on any atom is -0.385 e. The molecule has 2 nitrogen and oxygen atoms in total.